The first kappa shape index (κ1) is 14.8. The van der Waals surface area contributed by atoms with Crippen LogP contribution in [0.15, 0.2) is 0 Å². The van der Waals surface area contributed by atoms with Crippen LogP contribution in [-0.2, 0) is 4.74 Å². The molecular weight excluding hydrogens is 252 g/mol. The topological polar surface area (TPSA) is 35.9 Å². The van der Waals surface area contributed by atoms with Gasteiger partial charge in [0.2, 0.25) is 0 Å². The van der Waals surface area contributed by atoms with Crippen molar-refractivity contribution in [1.82, 2.24) is 9.80 Å². The second-order valence-electron chi connectivity index (χ2n) is 7.78. The Hall–Kier alpha value is -0.160. The van der Waals surface area contributed by atoms with E-state index in [9.17, 15) is 5.11 Å². The highest BCUT2D eigenvalue weighted by Gasteiger charge is 2.51. The van der Waals surface area contributed by atoms with E-state index in [-0.39, 0.29) is 11.0 Å². The van der Waals surface area contributed by atoms with Gasteiger partial charge in [-0.15, -0.1) is 0 Å². The molecule has 0 bridgehead atoms. The molecule has 2 saturated heterocycles. The van der Waals surface area contributed by atoms with Gasteiger partial charge in [-0.05, 0) is 37.6 Å². The van der Waals surface area contributed by atoms with Crippen molar-refractivity contribution < 1.29 is 9.84 Å². The molecule has 3 aliphatic rings. The summed E-state index contributed by atoms with van der Waals surface area (Å²) in [6.07, 6.45) is 4.46. The molecule has 0 radical (unpaired) electrons. The van der Waals surface area contributed by atoms with Crippen LogP contribution >= 0.6 is 0 Å². The fraction of sp³-hybridized carbons (Fsp3) is 1.00. The van der Waals surface area contributed by atoms with Gasteiger partial charge in [0, 0.05) is 32.2 Å². The predicted molar refractivity (Wildman–Crippen MR) is 79.8 cm³/mol. The number of hydrogen-bond donors (Lipinski definition) is 1. The minimum Gasteiger partial charge on any atom is -0.388 e. The molecule has 1 saturated carbocycles. The smallest absolute Gasteiger partial charge is 0.0804 e. The van der Waals surface area contributed by atoms with E-state index >= 15 is 0 Å². The average molecular weight is 282 g/mol. The first-order chi connectivity index (χ1) is 9.49. The molecule has 0 amide bonds. The molecule has 116 valence electrons. The third-order valence-corrected chi connectivity index (χ3v) is 5.13. The summed E-state index contributed by atoms with van der Waals surface area (Å²) in [5.74, 6) is 0. The minimum absolute atomic E-state index is 0.283. The van der Waals surface area contributed by atoms with Gasteiger partial charge in [0.15, 0.2) is 0 Å². The molecule has 2 heterocycles. The van der Waals surface area contributed by atoms with E-state index in [1.165, 1.54) is 19.4 Å². The lowest BCUT2D eigenvalue weighted by atomic mass is 9.91. The Bertz CT molecular complexity index is 335. The van der Waals surface area contributed by atoms with Gasteiger partial charge < -0.3 is 9.84 Å². The lowest BCUT2D eigenvalue weighted by Crippen LogP contribution is -2.49. The van der Waals surface area contributed by atoms with E-state index in [1.807, 2.05) is 0 Å². The van der Waals surface area contributed by atoms with Crippen LogP contribution in [0.5, 0.6) is 0 Å². The largest absolute Gasteiger partial charge is 0.388 e. The van der Waals surface area contributed by atoms with Gasteiger partial charge >= 0.3 is 0 Å². The van der Waals surface area contributed by atoms with Crippen molar-refractivity contribution in [2.75, 3.05) is 45.9 Å². The molecule has 1 N–H and O–H groups in total. The molecule has 0 spiro atoms. The summed E-state index contributed by atoms with van der Waals surface area (Å²) >= 11 is 0. The Morgan fingerprint density at radius 2 is 1.85 bits per heavy atom. The predicted octanol–water partition coefficient (Wildman–Crippen LogP) is 1.33. The van der Waals surface area contributed by atoms with Crippen molar-refractivity contribution in [3.05, 3.63) is 0 Å². The van der Waals surface area contributed by atoms with Crippen LogP contribution in [0.4, 0.5) is 0 Å². The molecule has 0 aromatic rings. The van der Waals surface area contributed by atoms with Crippen molar-refractivity contribution in [2.45, 2.75) is 51.2 Å². The Morgan fingerprint density at radius 1 is 1.15 bits per heavy atom. The first-order valence-electron chi connectivity index (χ1n) is 8.25. The molecule has 4 nitrogen and oxygen atoms in total. The van der Waals surface area contributed by atoms with Crippen LogP contribution in [0, 0.1) is 5.41 Å². The number of aliphatic hydroxyl groups is 1. The zero-order chi connectivity index (χ0) is 14.2. The molecule has 2 aliphatic heterocycles. The van der Waals surface area contributed by atoms with Gasteiger partial charge in [0.25, 0.3) is 0 Å². The third-order valence-electron chi connectivity index (χ3n) is 5.13. The molecule has 1 aliphatic carbocycles. The van der Waals surface area contributed by atoms with Crippen LogP contribution in [0.1, 0.15) is 39.5 Å². The highest BCUT2D eigenvalue weighted by atomic mass is 16.5. The number of hydrogen-bond acceptors (Lipinski definition) is 4. The van der Waals surface area contributed by atoms with Crippen LogP contribution in [0.3, 0.4) is 0 Å². The quantitative estimate of drug-likeness (QED) is 0.825. The highest BCUT2D eigenvalue weighted by Crippen LogP contribution is 2.45. The van der Waals surface area contributed by atoms with Crippen molar-refractivity contribution in [3.63, 3.8) is 0 Å². The van der Waals surface area contributed by atoms with E-state index in [0.717, 1.165) is 52.2 Å². The van der Waals surface area contributed by atoms with E-state index in [0.29, 0.717) is 6.04 Å². The second kappa shape index (κ2) is 5.56. The second-order valence-corrected chi connectivity index (χ2v) is 7.78. The van der Waals surface area contributed by atoms with Crippen LogP contribution in [0.25, 0.3) is 0 Å². The van der Waals surface area contributed by atoms with Gasteiger partial charge in [0.1, 0.15) is 0 Å². The molecule has 1 unspecified atom stereocenters. The normalized spacial score (nSPS) is 31.6. The van der Waals surface area contributed by atoms with Crippen molar-refractivity contribution in [3.8, 4) is 0 Å². The monoisotopic (exact) mass is 282 g/mol. The fourth-order valence-electron chi connectivity index (χ4n) is 4.05. The van der Waals surface area contributed by atoms with E-state index in [4.69, 9.17) is 4.74 Å². The summed E-state index contributed by atoms with van der Waals surface area (Å²) in [5.41, 5.74) is -0.0588. The Kier molecular flexibility index (Phi) is 4.10. The summed E-state index contributed by atoms with van der Waals surface area (Å²) in [7, 11) is 0. The van der Waals surface area contributed by atoms with E-state index in [2.05, 4.69) is 23.6 Å². The molecule has 0 aromatic heterocycles. The lowest BCUT2D eigenvalue weighted by Gasteiger charge is -2.39. The standard InChI is InChI=1S/C16H30N2O2/c1-15(2,12-17-8-10-20-11-9-17)13-18-7-3-4-14(18)16(19)5-6-16/h14,19H,3-13H2,1-2H3. The average Bonchev–Trinajstić information content (AvgIpc) is 2.96. The summed E-state index contributed by atoms with van der Waals surface area (Å²) in [5, 5.41) is 10.4. The molecule has 3 rings (SSSR count). The van der Waals surface area contributed by atoms with Gasteiger partial charge in [0.05, 0.1) is 18.8 Å². The molecule has 0 aromatic carbocycles. The van der Waals surface area contributed by atoms with Crippen LogP contribution < -0.4 is 0 Å². The SMILES string of the molecule is CC(C)(CN1CCOCC1)CN1CCCC1C1(O)CC1. The van der Waals surface area contributed by atoms with Gasteiger partial charge in [-0.2, -0.15) is 0 Å². The molecule has 20 heavy (non-hydrogen) atoms. The summed E-state index contributed by atoms with van der Waals surface area (Å²) in [6.45, 7) is 12.0. The maximum atomic E-state index is 10.4. The zero-order valence-corrected chi connectivity index (χ0v) is 13.1. The molecule has 4 heteroatoms. The summed E-state index contributed by atoms with van der Waals surface area (Å²) < 4.78 is 5.43. The third kappa shape index (κ3) is 3.35. The van der Waals surface area contributed by atoms with E-state index in [1.54, 1.807) is 0 Å². The van der Waals surface area contributed by atoms with E-state index < -0.39 is 0 Å². The van der Waals surface area contributed by atoms with Crippen molar-refractivity contribution in [1.29, 1.82) is 0 Å². The number of morpholine rings is 1. The van der Waals surface area contributed by atoms with Crippen LogP contribution in [-0.4, -0.2) is 72.5 Å². The summed E-state index contributed by atoms with van der Waals surface area (Å²) in [4.78, 5) is 5.09. The van der Waals surface area contributed by atoms with Gasteiger partial charge in [-0.3, -0.25) is 9.80 Å². The fourth-order valence-corrected chi connectivity index (χ4v) is 4.05. The maximum absolute atomic E-state index is 10.4. The summed E-state index contributed by atoms with van der Waals surface area (Å²) in [6, 6.07) is 0.423. The maximum Gasteiger partial charge on any atom is 0.0804 e. The van der Waals surface area contributed by atoms with Gasteiger partial charge in [-0.25, -0.2) is 0 Å². The number of likely N-dealkylation sites (tertiary alicyclic amines) is 1. The zero-order valence-electron chi connectivity index (χ0n) is 13.1. The Morgan fingerprint density at radius 3 is 2.50 bits per heavy atom. The minimum atomic E-state index is -0.342. The van der Waals surface area contributed by atoms with Gasteiger partial charge in [-0.1, -0.05) is 13.8 Å². The lowest BCUT2D eigenvalue weighted by molar-refractivity contribution is 0.00187. The van der Waals surface area contributed by atoms with Crippen molar-refractivity contribution >= 4 is 0 Å². The molecule has 3 fully saturated rings. The first-order valence-corrected chi connectivity index (χ1v) is 8.25. The molecule has 1 atom stereocenters. The van der Waals surface area contributed by atoms with Crippen molar-refractivity contribution in [2.24, 2.45) is 5.41 Å². The number of nitrogens with zero attached hydrogens (tertiary/aromatic N) is 2. The number of rotatable bonds is 5. The number of ether oxygens (including phenoxy) is 1. The Balaban J connectivity index is 1.54. The Labute approximate surface area is 123 Å². The highest BCUT2D eigenvalue weighted by molar-refractivity contribution is 5.06. The molecular formula is C16H30N2O2. The van der Waals surface area contributed by atoms with Crippen LogP contribution in [0.2, 0.25) is 0 Å².